The summed E-state index contributed by atoms with van der Waals surface area (Å²) < 4.78 is 24.3. The van der Waals surface area contributed by atoms with E-state index >= 15 is 0 Å². The standard InChI is InChI=1S/C8H16NO8PS/c9-6(8(11)12)5-17-18(13,14)16-3-2-15-7(10)1-4-19/h6,19H,1-5,9H2,(H,11,12)(H,13,14)/p-1. The van der Waals surface area contributed by atoms with Gasteiger partial charge < -0.3 is 29.5 Å². The van der Waals surface area contributed by atoms with E-state index in [1.807, 2.05) is 0 Å². The van der Waals surface area contributed by atoms with Crippen molar-refractivity contribution in [2.24, 2.45) is 5.73 Å². The number of hydrogen-bond donors (Lipinski definition) is 3. The average Bonchev–Trinajstić information content (AvgIpc) is 2.32. The lowest BCUT2D eigenvalue weighted by Crippen LogP contribution is -2.35. The highest BCUT2D eigenvalue weighted by Gasteiger charge is 2.17. The number of carbonyl (C=O) groups is 2. The van der Waals surface area contributed by atoms with Crippen molar-refractivity contribution in [3.8, 4) is 0 Å². The summed E-state index contributed by atoms with van der Waals surface area (Å²) in [4.78, 5) is 32.3. The zero-order valence-corrected chi connectivity index (χ0v) is 11.7. The fraction of sp³-hybridized carbons (Fsp3) is 0.750. The second-order valence-corrected chi connectivity index (χ2v) is 5.07. The van der Waals surface area contributed by atoms with Crippen LogP contribution in [0.2, 0.25) is 0 Å². The van der Waals surface area contributed by atoms with Gasteiger partial charge in [0.15, 0.2) is 0 Å². The predicted octanol–water partition coefficient (Wildman–Crippen LogP) is -1.24. The van der Waals surface area contributed by atoms with Gasteiger partial charge in [0.25, 0.3) is 7.82 Å². The van der Waals surface area contributed by atoms with Gasteiger partial charge in [-0.2, -0.15) is 12.6 Å². The Labute approximate surface area is 115 Å². The van der Waals surface area contributed by atoms with Crippen molar-refractivity contribution in [3.63, 3.8) is 0 Å². The maximum Gasteiger partial charge on any atom is 0.322 e. The number of phosphoric acid groups is 1. The molecule has 2 atom stereocenters. The number of hydrogen-bond acceptors (Lipinski definition) is 9. The molecular formula is C8H15NO8PS-. The number of carbonyl (C=O) groups excluding carboxylic acids is 1. The highest BCUT2D eigenvalue weighted by molar-refractivity contribution is 7.80. The number of nitrogens with two attached hydrogens (primary N) is 1. The van der Waals surface area contributed by atoms with Gasteiger partial charge in [0.2, 0.25) is 0 Å². The molecule has 2 unspecified atom stereocenters. The number of esters is 1. The lowest BCUT2D eigenvalue weighted by atomic mass is 10.3. The Morgan fingerprint density at radius 3 is 2.53 bits per heavy atom. The molecule has 0 aliphatic heterocycles. The molecule has 0 bridgehead atoms. The van der Waals surface area contributed by atoms with Gasteiger partial charge in [0.05, 0.1) is 19.6 Å². The van der Waals surface area contributed by atoms with Gasteiger partial charge in [0, 0.05) is 5.75 Å². The molecule has 0 saturated carbocycles. The van der Waals surface area contributed by atoms with Crippen LogP contribution in [-0.4, -0.2) is 48.7 Å². The molecule has 0 aromatic heterocycles. The van der Waals surface area contributed by atoms with Crippen LogP contribution in [0.15, 0.2) is 0 Å². The number of phosphoric ester groups is 1. The Balaban J connectivity index is 3.82. The third-order valence-electron chi connectivity index (χ3n) is 1.64. The first-order chi connectivity index (χ1) is 8.78. The van der Waals surface area contributed by atoms with E-state index in [0.29, 0.717) is 5.75 Å². The molecule has 0 aliphatic carbocycles. The fourth-order valence-electron chi connectivity index (χ4n) is 0.748. The average molecular weight is 316 g/mol. The lowest BCUT2D eigenvalue weighted by molar-refractivity contribution is -0.226. The molecule has 112 valence electrons. The van der Waals surface area contributed by atoms with E-state index in [2.05, 4.69) is 26.4 Å². The van der Waals surface area contributed by atoms with Gasteiger partial charge in [-0.05, 0) is 0 Å². The Kier molecular flexibility index (Phi) is 8.98. The van der Waals surface area contributed by atoms with Crippen LogP contribution >= 0.6 is 20.5 Å². The van der Waals surface area contributed by atoms with E-state index in [1.54, 1.807) is 0 Å². The quantitative estimate of drug-likeness (QED) is 0.195. The number of thiol groups is 1. The smallest absolute Gasteiger partial charge is 0.322 e. The molecule has 0 amide bonds. The minimum absolute atomic E-state index is 0.0993. The van der Waals surface area contributed by atoms with Crippen LogP contribution in [0.5, 0.6) is 0 Å². The van der Waals surface area contributed by atoms with Crippen LogP contribution < -0.4 is 10.6 Å². The fourth-order valence-corrected chi connectivity index (χ4v) is 1.65. The summed E-state index contributed by atoms with van der Waals surface area (Å²) >= 11 is 3.81. The SMILES string of the molecule is NC(COP(=O)([O-])OCCOC(=O)CCS)C(=O)O. The molecule has 0 aromatic carbocycles. The summed E-state index contributed by atoms with van der Waals surface area (Å²) in [6.45, 7) is -1.44. The van der Waals surface area contributed by atoms with Crippen LogP contribution in [-0.2, 0) is 27.9 Å². The molecule has 11 heteroatoms. The van der Waals surface area contributed by atoms with Crippen LogP contribution in [0.1, 0.15) is 6.42 Å². The topological polar surface area (TPSA) is 148 Å². The van der Waals surface area contributed by atoms with E-state index in [9.17, 15) is 19.0 Å². The number of carboxylic acid groups (broad SMARTS) is 1. The predicted molar refractivity (Wildman–Crippen MR) is 64.6 cm³/mol. The summed E-state index contributed by atoms with van der Waals surface area (Å²) in [5.74, 6) is -1.62. The second-order valence-electron chi connectivity index (χ2n) is 3.22. The molecule has 19 heavy (non-hydrogen) atoms. The molecule has 0 aromatic rings. The van der Waals surface area contributed by atoms with Crippen molar-refractivity contribution in [2.45, 2.75) is 12.5 Å². The third kappa shape index (κ3) is 9.88. The maximum absolute atomic E-state index is 11.1. The summed E-state index contributed by atoms with van der Waals surface area (Å²) in [6, 6.07) is -1.47. The Bertz CT molecular complexity index is 352. The minimum atomic E-state index is -4.66. The third-order valence-corrected chi connectivity index (χ3v) is 2.83. The summed E-state index contributed by atoms with van der Waals surface area (Å²) in [6.07, 6.45) is 0.0993. The highest BCUT2D eigenvalue weighted by atomic mass is 32.1. The van der Waals surface area contributed by atoms with E-state index in [4.69, 9.17) is 10.8 Å². The Morgan fingerprint density at radius 2 is 2.00 bits per heavy atom. The van der Waals surface area contributed by atoms with E-state index < -0.39 is 39.0 Å². The number of carboxylic acids is 1. The second kappa shape index (κ2) is 9.29. The first-order valence-electron chi connectivity index (χ1n) is 5.13. The van der Waals surface area contributed by atoms with Crippen LogP contribution in [0.4, 0.5) is 0 Å². The largest absolute Gasteiger partial charge is 0.756 e. The van der Waals surface area contributed by atoms with Gasteiger partial charge in [-0.3, -0.25) is 14.2 Å². The molecule has 0 spiro atoms. The van der Waals surface area contributed by atoms with Crippen molar-refractivity contribution in [1.29, 1.82) is 0 Å². The maximum atomic E-state index is 11.1. The number of rotatable bonds is 10. The normalized spacial score (nSPS) is 15.5. The van der Waals surface area contributed by atoms with E-state index in [-0.39, 0.29) is 13.0 Å². The van der Waals surface area contributed by atoms with Gasteiger partial charge in [-0.15, -0.1) is 0 Å². The molecule has 3 N–H and O–H groups in total. The monoisotopic (exact) mass is 316 g/mol. The molecule has 0 aliphatic rings. The van der Waals surface area contributed by atoms with Crippen LogP contribution in [0.25, 0.3) is 0 Å². The summed E-state index contributed by atoms with van der Waals surface area (Å²) in [5.41, 5.74) is 5.03. The number of aliphatic carboxylic acids is 1. The van der Waals surface area contributed by atoms with Crippen LogP contribution in [0, 0.1) is 0 Å². The summed E-state index contributed by atoms with van der Waals surface area (Å²) in [5, 5.41) is 8.40. The van der Waals surface area contributed by atoms with Gasteiger partial charge >= 0.3 is 11.9 Å². The van der Waals surface area contributed by atoms with Crippen molar-refractivity contribution in [2.75, 3.05) is 25.6 Å². The van der Waals surface area contributed by atoms with E-state index in [0.717, 1.165) is 0 Å². The highest BCUT2D eigenvalue weighted by Crippen LogP contribution is 2.37. The zero-order chi connectivity index (χ0) is 14.9. The number of ether oxygens (including phenoxy) is 1. The Hall–Kier alpha value is -0.640. The molecule has 9 nitrogen and oxygen atoms in total. The van der Waals surface area contributed by atoms with Gasteiger partial charge in [-0.25, -0.2) is 0 Å². The molecule has 0 saturated heterocycles. The summed E-state index contributed by atoms with van der Waals surface area (Å²) in [7, 11) is -4.66. The molecule has 0 heterocycles. The molecule has 0 radical (unpaired) electrons. The first kappa shape index (κ1) is 18.4. The van der Waals surface area contributed by atoms with Crippen molar-refractivity contribution in [3.05, 3.63) is 0 Å². The van der Waals surface area contributed by atoms with Crippen molar-refractivity contribution in [1.82, 2.24) is 0 Å². The van der Waals surface area contributed by atoms with Crippen LogP contribution in [0.3, 0.4) is 0 Å². The van der Waals surface area contributed by atoms with Gasteiger partial charge in [-0.1, -0.05) is 0 Å². The lowest BCUT2D eigenvalue weighted by Gasteiger charge is -2.23. The molecule has 0 rings (SSSR count). The minimum Gasteiger partial charge on any atom is -0.756 e. The first-order valence-corrected chi connectivity index (χ1v) is 7.23. The van der Waals surface area contributed by atoms with Crippen molar-refractivity contribution < 1.29 is 37.9 Å². The molecular weight excluding hydrogens is 301 g/mol. The molecule has 0 fully saturated rings. The van der Waals surface area contributed by atoms with E-state index in [1.165, 1.54) is 0 Å². The Morgan fingerprint density at radius 1 is 1.37 bits per heavy atom. The van der Waals surface area contributed by atoms with Crippen molar-refractivity contribution >= 4 is 32.4 Å². The zero-order valence-electron chi connectivity index (χ0n) is 9.89. The van der Waals surface area contributed by atoms with Gasteiger partial charge in [0.1, 0.15) is 12.6 Å².